The van der Waals surface area contributed by atoms with E-state index < -0.39 is 0 Å². The number of likely N-dealkylation sites (tertiary alicyclic amines) is 1. The molecule has 1 aromatic rings. The van der Waals surface area contributed by atoms with Crippen LogP contribution < -0.4 is 0 Å². The van der Waals surface area contributed by atoms with Crippen LogP contribution in [0.4, 0.5) is 0 Å². The molecule has 2 heteroatoms. The van der Waals surface area contributed by atoms with Gasteiger partial charge in [0.2, 0.25) is 0 Å². The normalized spacial score (nSPS) is 28.6. The summed E-state index contributed by atoms with van der Waals surface area (Å²) < 4.78 is 0. The van der Waals surface area contributed by atoms with E-state index in [-0.39, 0.29) is 0 Å². The van der Waals surface area contributed by atoms with Gasteiger partial charge in [-0.25, -0.2) is 0 Å². The maximum Gasteiger partial charge on any atom is 0.0641 e. The molecule has 0 radical (unpaired) electrons. The average molecular weight is 254 g/mol. The predicted molar refractivity (Wildman–Crippen MR) is 76.5 cm³/mol. The lowest BCUT2D eigenvalue weighted by Gasteiger charge is -2.36. The zero-order valence-electron chi connectivity index (χ0n) is 11.5. The summed E-state index contributed by atoms with van der Waals surface area (Å²) in [6.45, 7) is 1.18. The molecule has 3 rings (SSSR count). The van der Waals surface area contributed by atoms with Crippen molar-refractivity contribution in [2.24, 2.45) is 5.92 Å². The Morgan fingerprint density at radius 2 is 1.95 bits per heavy atom. The number of fused-ring (bicyclic) bond motifs is 1. The first-order chi connectivity index (χ1) is 9.40. The van der Waals surface area contributed by atoms with Crippen molar-refractivity contribution in [3.8, 4) is 6.07 Å². The van der Waals surface area contributed by atoms with Crippen molar-refractivity contribution in [1.29, 1.82) is 5.26 Å². The summed E-state index contributed by atoms with van der Waals surface area (Å²) in [5.41, 5.74) is 1.32. The molecule has 1 aliphatic carbocycles. The molecule has 3 unspecified atom stereocenters. The van der Waals surface area contributed by atoms with Crippen LogP contribution in [0.2, 0.25) is 0 Å². The number of nitriles is 1. The summed E-state index contributed by atoms with van der Waals surface area (Å²) in [6.07, 6.45) is 7.45. The zero-order chi connectivity index (χ0) is 13.1. The lowest BCUT2D eigenvalue weighted by atomic mass is 9.84. The zero-order valence-corrected chi connectivity index (χ0v) is 11.5. The highest BCUT2D eigenvalue weighted by Crippen LogP contribution is 2.41. The minimum atomic E-state index is 0.305. The van der Waals surface area contributed by atoms with E-state index in [9.17, 15) is 5.26 Å². The third-order valence-corrected chi connectivity index (χ3v) is 4.92. The first-order valence-corrected chi connectivity index (χ1v) is 7.58. The maximum atomic E-state index is 9.18. The molecule has 0 aromatic heterocycles. The van der Waals surface area contributed by atoms with Crippen molar-refractivity contribution < 1.29 is 0 Å². The number of nitrogens with zero attached hydrogens (tertiary/aromatic N) is 2. The number of rotatable bonds is 3. The first-order valence-electron chi connectivity index (χ1n) is 7.58. The summed E-state index contributed by atoms with van der Waals surface area (Å²) in [5.74, 6) is 0.888. The number of hydrogen-bond acceptors (Lipinski definition) is 2. The monoisotopic (exact) mass is 254 g/mol. The molecule has 0 amide bonds. The van der Waals surface area contributed by atoms with Gasteiger partial charge in [0.15, 0.2) is 0 Å². The molecule has 1 saturated heterocycles. The van der Waals surface area contributed by atoms with Crippen molar-refractivity contribution in [1.82, 2.24) is 4.90 Å². The van der Waals surface area contributed by atoms with Crippen molar-refractivity contribution in [3.63, 3.8) is 0 Å². The van der Waals surface area contributed by atoms with Gasteiger partial charge in [-0.15, -0.1) is 0 Å². The summed E-state index contributed by atoms with van der Waals surface area (Å²) in [7, 11) is 0. The maximum absolute atomic E-state index is 9.18. The molecule has 0 spiro atoms. The predicted octanol–water partition coefficient (Wildman–Crippen LogP) is 3.91. The summed E-state index contributed by atoms with van der Waals surface area (Å²) in [6, 6.07) is 14.0. The van der Waals surface area contributed by atoms with Crippen LogP contribution in [0.5, 0.6) is 0 Å². The van der Waals surface area contributed by atoms with Crippen LogP contribution in [0.1, 0.15) is 50.1 Å². The Morgan fingerprint density at radius 1 is 1.16 bits per heavy atom. The molecule has 2 fully saturated rings. The summed E-state index contributed by atoms with van der Waals surface area (Å²) >= 11 is 0. The van der Waals surface area contributed by atoms with Crippen LogP contribution in [0.25, 0.3) is 0 Å². The van der Waals surface area contributed by atoms with E-state index in [1.54, 1.807) is 0 Å². The molecule has 1 aromatic carbocycles. The SMILES string of the molecule is N#CCC(c1ccccc1)N1CCC2CCCCC21. The quantitative estimate of drug-likeness (QED) is 0.817. The molecule has 1 aliphatic heterocycles. The van der Waals surface area contributed by atoms with Crippen LogP contribution in [-0.2, 0) is 0 Å². The van der Waals surface area contributed by atoms with Gasteiger partial charge in [0.05, 0.1) is 12.5 Å². The van der Waals surface area contributed by atoms with Crippen molar-refractivity contribution in [2.45, 2.75) is 50.6 Å². The molecule has 1 saturated carbocycles. The van der Waals surface area contributed by atoms with E-state index >= 15 is 0 Å². The van der Waals surface area contributed by atoms with E-state index in [2.05, 4.69) is 41.3 Å². The number of hydrogen-bond donors (Lipinski definition) is 0. The molecule has 3 atom stereocenters. The fourth-order valence-corrected chi connectivity index (χ4v) is 4.02. The molecule has 2 nitrogen and oxygen atoms in total. The first kappa shape index (κ1) is 12.7. The molecule has 19 heavy (non-hydrogen) atoms. The van der Waals surface area contributed by atoms with Gasteiger partial charge in [-0.2, -0.15) is 5.26 Å². The molecular weight excluding hydrogens is 232 g/mol. The van der Waals surface area contributed by atoms with Gasteiger partial charge >= 0.3 is 0 Å². The van der Waals surface area contributed by atoms with Gasteiger partial charge in [0, 0.05) is 12.1 Å². The lowest BCUT2D eigenvalue weighted by molar-refractivity contribution is 0.133. The minimum absolute atomic E-state index is 0.305. The standard InChI is InChI=1S/C17H22N2/c18-12-10-17(14-6-2-1-3-7-14)19-13-11-15-8-4-5-9-16(15)19/h1-3,6-7,15-17H,4-5,8-11,13H2. The minimum Gasteiger partial charge on any atom is -0.292 e. The Labute approximate surface area is 116 Å². The van der Waals surface area contributed by atoms with Crippen molar-refractivity contribution in [2.75, 3.05) is 6.54 Å². The Bertz CT molecular complexity index is 448. The summed E-state index contributed by atoms with van der Waals surface area (Å²) in [4.78, 5) is 2.63. The second-order valence-corrected chi connectivity index (χ2v) is 5.93. The average Bonchev–Trinajstić information content (AvgIpc) is 2.89. The highest BCUT2D eigenvalue weighted by molar-refractivity contribution is 5.21. The second kappa shape index (κ2) is 5.75. The Balaban J connectivity index is 1.83. The van der Waals surface area contributed by atoms with E-state index in [1.165, 1.54) is 44.2 Å². The third-order valence-electron chi connectivity index (χ3n) is 4.92. The van der Waals surface area contributed by atoms with Gasteiger partial charge in [-0.3, -0.25) is 4.90 Å². The van der Waals surface area contributed by atoms with Crippen LogP contribution in [-0.4, -0.2) is 17.5 Å². The van der Waals surface area contributed by atoms with Gasteiger partial charge in [0.1, 0.15) is 0 Å². The topological polar surface area (TPSA) is 27.0 Å². The van der Waals surface area contributed by atoms with Crippen LogP contribution in [0, 0.1) is 17.2 Å². The van der Waals surface area contributed by atoms with E-state index in [0.29, 0.717) is 12.5 Å². The van der Waals surface area contributed by atoms with Gasteiger partial charge in [-0.1, -0.05) is 43.2 Å². The Morgan fingerprint density at radius 3 is 2.74 bits per heavy atom. The highest BCUT2D eigenvalue weighted by Gasteiger charge is 2.39. The smallest absolute Gasteiger partial charge is 0.0641 e. The van der Waals surface area contributed by atoms with Crippen molar-refractivity contribution in [3.05, 3.63) is 35.9 Å². The lowest BCUT2D eigenvalue weighted by Crippen LogP contribution is -2.37. The van der Waals surface area contributed by atoms with Crippen molar-refractivity contribution >= 4 is 0 Å². The fourth-order valence-electron chi connectivity index (χ4n) is 4.02. The van der Waals surface area contributed by atoms with Gasteiger partial charge in [0.25, 0.3) is 0 Å². The Hall–Kier alpha value is -1.33. The van der Waals surface area contributed by atoms with Crippen LogP contribution in [0.15, 0.2) is 30.3 Å². The van der Waals surface area contributed by atoms with Crippen LogP contribution in [0.3, 0.4) is 0 Å². The molecule has 0 bridgehead atoms. The van der Waals surface area contributed by atoms with Gasteiger partial charge < -0.3 is 0 Å². The van der Waals surface area contributed by atoms with Crippen LogP contribution >= 0.6 is 0 Å². The molecular formula is C17H22N2. The van der Waals surface area contributed by atoms with E-state index in [4.69, 9.17) is 0 Å². The summed E-state index contributed by atoms with van der Waals surface area (Å²) in [5, 5.41) is 9.18. The fraction of sp³-hybridized carbons (Fsp3) is 0.588. The molecule has 0 N–H and O–H groups in total. The third kappa shape index (κ3) is 2.53. The van der Waals surface area contributed by atoms with E-state index in [1.807, 2.05) is 0 Å². The largest absolute Gasteiger partial charge is 0.292 e. The Kier molecular flexibility index (Phi) is 3.84. The second-order valence-electron chi connectivity index (χ2n) is 5.93. The molecule has 1 heterocycles. The van der Waals surface area contributed by atoms with Gasteiger partial charge in [-0.05, 0) is 37.3 Å². The number of benzene rings is 1. The molecule has 2 aliphatic rings. The van der Waals surface area contributed by atoms with E-state index in [0.717, 1.165) is 12.0 Å². The molecule has 100 valence electrons. The highest BCUT2D eigenvalue weighted by atomic mass is 15.2.